The third-order valence-corrected chi connectivity index (χ3v) is 4.29. The summed E-state index contributed by atoms with van der Waals surface area (Å²) in [6.07, 6.45) is 5.56. The Kier molecular flexibility index (Phi) is 14.3. The van der Waals surface area contributed by atoms with Crippen LogP contribution >= 0.6 is 24.8 Å². The molecule has 1 aliphatic carbocycles. The second-order valence-electron chi connectivity index (χ2n) is 6.25. The summed E-state index contributed by atoms with van der Waals surface area (Å²) >= 11 is 0. The van der Waals surface area contributed by atoms with Gasteiger partial charge in [0.1, 0.15) is 0 Å². The number of nitrogens with one attached hydrogen (secondary N) is 1. The molecule has 1 nitrogen and oxygen atoms in total. The average Bonchev–Trinajstić information content (AvgIpc) is 2.88. The second-order valence-corrected chi connectivity index (χ2v) is 6.25. The first-order chi connectivity index (χ1) is 11.1. The summed E-state index contributed by atoms with van der Waals surface area (Å²) in [6.45, 7) is 11.4. The minimum absolute atomic E-state index is 0. The van der Waals surface area contributed by atoms with Gasteiger partial charge in [0.05, 0.1) is 0 Å². The van der Waals surface area contributed by atoms with Crippen LogP contribution in [0.5, 0.6) is 0 Å². The summed E-state index contributed by atoms with van der Waals surface area (Å²) in [6, 6.07) is 12.9. The normalized spacial score (nSPS) is 12.2. The van der Waals surface area contributed by atoms with Crippen molar-refractivity contribution in [3.63, 3.8) is 0 Å². The number of hydrogen-bond acceptors (Lipinski definition) is 0. The Morgan fingerprint density at radius 2 is 1.69 bits per heavy atom. The maximum atomic E-state index is 6.60. The Hall–Kier alpha value is -0.696. The van der Waals surface area contributed by atoms with Crippen LogP contribution in [0.25, 0.3) is 22.1 Å². The maximum Gasteiger partial charge on any atom is 2.00 e. The van der Waals surface area contributed by atoms with Crippen molar-refractivity contribution in [2.24, 2.45) is 0 Å². The smallest absolute Gasteiger partial charge is 0.677 e. The van der Waals surface area contributed by atoms with Gasteiger partial charge < -0.3 is 5.73 Å². The van der Waals surface area contributed by atoms with E-state index in [2.05, 4.69) is 70.2 Å². The van der Waals surface area contributed by atoms with Crippen LogP contribution in [0.3, 0.4) is 0 Å². The summed E-state index contributed by atoms with van der Waals surface area (Å²) in [5.74, 6) is 0. The van der Waals surface area contributed by atoms with Crippen LogP contribution in [-0.4, -0.2) is 6.54 Å². The van der Waals surface area contributed by atoms with Gasteiger partial charge in [-0.05, 0) is 20.3 Å². The number of fused-ring (bicyclic) bond motifs is 1. The Morgan fingerprint density at radius 3 is 2.19 bits per heavy atom. The molecule has 0 atom stereocenters. The molecule has 0 bridgehead atoms. The largest absolute Gasteiger partial charge is 2.00 e. The molecule has 140 valence electrons. The fourth-order valence-corrected chi connectivity index (χ4v) is 3.03. The van der Waals surface area contributed by atoms with Crippen molar-refractivity contribution in [1.82, 2.24) is 0 Å². The summed E-state index contributed by atoms with van der Waals surface area (Å²) < 4.78 is 0. The van der Waals surface area contributed by atoms with Gasteiger partial charge in [-0.1, -0.05) is 72.2 Å². The predicted molar refractivity (Wildman–Crippen MR) is 118 cm³/mol. The van der Waals surface area contributed by atoms with Crippen LogP contribution in [-0.2, 0) is 21.7 Å². The number of benzene rings is 2. The molecule has 0 saturated carbocycles. The van der Waals surface area contributed by atoms with E-state index in [4.69, 9.17) is 5.73 Å². The molecular weight excluding hydrogens is 397 g/mol. The Morgan fingerprint density at radius 1 is 1.04 bits per heavy atom. The van der Waals surface area contributed by atoms with Crippen LogP contribution in [0, 0.1) is 6.92 Å². The predicted octanol–water partition coefficient (Wildman–Crippen LogP) is 7.83. The van der Waals surface area contributed by atoms with Gasteiger partial charge in [0.2, 0.25) is 0 Å². The first-order valence-corrected chi connectivity index (χ1v) is 8.44. The Labute approximate surface area is 186 Å². The maximum absolute atomic E-state index is 6.60. The van der Waals surface area contributed by atoms with Crippen LogP contribution in [0.2, 0.25) is 0 Å². The molecule has 0 aromatic heterocycles. The summed E-state index contributed by atoms with van der Waals surface area (Å²) in [4.78, 5) is 0. The molecule has 0 unspecified atom stereocenters. The van der Waals surface area contributed by atoms with Gasteiger partial charge in [0, 0.05) is 0 Å². The first-order valence-electron chi connectivity index (χ1n) is 8.44. The second kappa shape index (κ2) is 13.5. The molecule has 26 heavy (non-hydrogen) atoms. The number of halogens is 2. The average molecular weight is 426 g/mol. The number of rotatable bonds is 3. The zero-order valence-corrected chi connectivity index (χ0v) is 19.1. The first kappa shape index (κ1) is 27.5. The van der Waals surface area contributed by atoms with Crippen molar-refractivity contribution in [1.29, 1.82) is 0 Å². The molecule has 0 radical (unpaired) electrons. The van der Waals surface area contributed by atoms with Gasteiger partial charge in [-0.3, -0.25) is 0 Å². The van der Waals surface area contributed by atoms with Gasteiger partial charge in [-0.25, -0.2) is 0 Å². The molecular formula is C22H29Cl2NTi. The topological polar surface area (TPSA) is 23.8 Å². The fourth-order valence-electron chi connectivity index (χ4n) is 3.03. The van der Waals surface area contributed by atoms with E-state index < -0.39 is 0 Å². The molecule has 1 N–H and O–H groups in total. The van der Waals surface area contributed by atoms with E-state index in [1.807, 2.05) is 0 Å². The van der Waals surface area contributed by atoms with Crippen LogP contribution in [0.1, 0.15) is 51.2 Å². The van der Waals surface area contributed by atoms with E-state index >= 15 is 0 Å². The van der Waals surface area contributed by atoms with Gasteiger partial charge in [-0.15, -0.1) is 47.9 Å². The van der Waals surface area contributed by atoms with E-state index in [9.17, 15) is 0 Å². The molecule has 0 aliphatic heterocycles. The molecule has 2 aromatic rings. The standard InChI is InChI=1S/C18H17.C4H10N.2ClH.Ti/c1-12-10-13(2)18(11-12)17-9-8-15-6-4-5-7-16(15)14(17)3;1-2-3-4-5;;;/h4-10H,3,11H2,1-2H3;5H,2-4H2,1H3;2*1H;/q2*-1;;;+2. The molecule has 0 saturated heterocycles. The zero-order valence-electron chi connectivity index (χ0n) is 15.9. The van der Waals surface area contributed by atoms with E-state index in [0.29, 0.717) is 6.54 Å². The summed E-state index contributed by atoms with van der Waals surface area (Å²) in [7, 11) is 0. The molecule has 2 aromatic carbocycles. The van der Waals surface area contributed by atoms with Gasteiger partial charge in [0.15, 0.2) is 0 Å². The summed E-state index contributed by atoms with van der Waals surface area (Å²) in [5.41, 5.74) is 13.3. The van der Waals surface area contributed by atoms with Gasteiger partial charge in [0.25, 0.3) is 0 Å². The zero-order chi connectivity index (χ0) is 16.8. The van der Waals surface area contributed by atoms with E-state index in [-0.39, 0.29) is 46.5 Å². The molecule has 0 amide bonds. The third-order valence-electron chi connectivity index (χ3n) is 4.29. The van der Waals surface area contributed by atoms with Crippen LogP contribution in [0.15, 0.2) is 53.6 Å². The molecule has 3 rings (SSSR count). The quantitative estimate of drug-likeness (QED) is 0.353. The van der Waals surface area contributed by atoms with Gasteiger partial charge in [-0.2, -0.15) is 19.0 Å². The minimum atomic E-state index is 0. The monoisotopic (exact) mass is 425 g/mol. The Balaban J connectivity index is 0. The number of unbranched alkanes of at least 4 members (excludes halogenated alkanes) is 1. The van der Waals surface area contributed by atoms with Crippen LogP contribution in [0.4, 0.5) is 0 Å². The molecule has 0 spiro atoms. The third kappa shape index (κ3) is 6.80. The molecule has 4 heteroatoms. The van der Waals surface area contributed by atoms with Crippen molar-refractivity contribution in [2.45, 2.75) is 40.0 Å². The van der Waals surface area contributed by atoms with Gasteiger partial charge >= 0.3 is 21.7 Å². The van der Waals surface area contributed by atoms with E-state index in [0.717, 1.165) is 24.8 Å². The number of hydrogen-bond donors (Lipinski definition) is 0. The molecule has 1 aliphatic rings. The minimum Gasteiger partial charge on any atom is -0.677 e. The van der Waals surface area contributed by atoms with Crippen molar-refractivity contribution < 1.29 is 21.7 Å². The van der Waals surface area contributed by atoms with Crippen LogP contribution < -0.4 is 0 Å². The molecule has 0 fully saturated rings. The molecule has 0 heterocycles. The number of allylic oxidation sites excluding steroid dienone is 4. The van der Waals surface area contributed by atoms with E-state index in [1.54, 1.807) is 0 Å². The summed E-state index contributed by atoms with van der Waals surface area (Å²) in [5, 5.41) is 2.53. The van der Waals surface area contributed by atoms with Crippen molar-refractivity contribution >= 4 is 41.2 Å². The van der Waals surface area contributed by atoms with E-state index in [1.165, 1.54) is 33.1 Å². The fraction of sp³-hybridized carbons (Fsp3) is 0.318. The van der Waals surface area contributed by atoms with Crippen molar-refractivity contribution in [2.75, 3.05) is 6.54 Å². The van der Waals surface area contributed by atoms with Crippen molar-refractivity contribution in [3.05, 3.63) is 77.4 Å². The SMILES string of the molecule is CCCC[NH-].Cl.Cl.[CH2-]c1c(C2=C(C)C=C(C)C2)ccc2ccccc12.[Ti+2]. The van der Waals surface area contributed by atoms with Crippen molar-refractivity contribution in [3.8, 4) is 0 Å². The Bertz CT molecular complexity index is 749.